The van der Waals surface area contributed by atoms with Crippen LogP contribution in [-0.2, 0) is 11.3 Å². The van der Waals surface area contributed by atoms with E-state index in [-0.39, 0.29) is 24.2 Å². The zero-order valence-corrected chi connectivity index (χ0v) is 13.5. The van der Waals surface area contributed by atoms with Gasteiger partial charge < -0.3 is 10.6 Å². The summed E-state index contributed by atoms with van der Waals surface area (Å²) in [7, 11) is 0. The fourth-order valence-corrected chi connectivity index (χ4v) is 1.98. The van der Waals surface area contributed by atoms with Crippen molar-refractivity contribution in [1.29, 1.82) is 5.26 Å². The first kappa shape index (κ1) is 17.1. The molecule has 24 heavy (non-hydrogen) atoms. The lowest BCUT2D eigenvalue weighted by Crippen LogP contribution is -2.29. The third-order valence-corrected chi connectivity index (χ3v) is 3.15. The molecular weight excluding hydrogens is 308 g/mol. The van der Waals surface area contributed by atoms with Gasteiger partial charge in [-0.3, -0.25) is 14.2 Å². The van der Waals surface area contributed by atoms with E-state index < -0.39 is 0 Å². The number of nitrogens with zero attached hydrogens (tertiary/aromatic N) is 4. The Kier molecular flexibility index (Phi) is 5.63. The summed E-state index contributed by atoms with van der Waals surface area (Å²) in [6.07, 6.45) is 1.30. The van der Waals surface area contributed by atoms with Crippen LogP contribution in [0.2, 0.25) is 0 Å². The summed E-state index contributed by atoms with van der Waals surface area (Å²) < 4.78 is 1.33. The van der Waals surface area contributed by atoms with Gasteiger partial charge in [-0.15, -0.1) is 10.2 Å². The van der Waals surface area contributed by atoms with Crippen molar-refractivity contribution in [2.75, 3.05) is 11.9 Å². The molecule has 0 bridgehead atoms. The number of para-hydroxylation sites is 1. The van der Waals surface area contributed by atoms with Gasteiger partial charge in [0.25, 0.3) is 5.91 Å². The molecule has 124 valence electrons. The third kappa shape index (κ3) is 4.39. The first-order valence-electron chi connectivity index (χ1n) is 7.46. The molecule has 0 aliphatic carbocycles. The van der Waals surface area contributed by atoms with Crippen LogP contribution in [-0.4, -0.2) is 33.1 Å². The predicted octanol–water partition coefficient (Wildman–Crippen LogP) is 1.17. The SMILES string of the molecule is CC(C)CNC(=O)c1ccccc1NC(=O)Cn1cnnc1C#N. The second-order valence-corrected chi connectivity index (χ2v) is 5.59. The fraction of sp³-hybridized carbons (Fsp3) is 0.312. The minimum absolute atomic E-state index is 0.0492. The van der Waals surface area contributed by atoms with Crippen molar-refractivity contribution in [2.24, 2.45) is 5.92 Å². The maximum Gasteiger partial charge on any atom is 0.253 e. The Morgan fingerprint density at radius 1 is 1.33 bits per heavy atom. The number of nitriles is 1. The van der Waals surface area contributed by atoms with Gasteiger partial charge in [0.05, 0.1) is 11.3 Å². The van der Waals surface area contributed by atoms with Gasteiger partial charge in [0.15, 0.2) is 0 Å². The number of rotatable bonds is 6. The van der Waals surface area contributed by atoms with Gasteiger partial charge in [0.2, 0.25) is 11.7 Å². The summed E-state index contributed by atoms with van der Waals surface area (Å²) in [4.78, 5) is 24.4. The lowest BCUT2D eigenvalue weighted by Gasteiger charge is -2.12. The van der Waals surface area contributed by atoms with Gasteiger partial charge >= 0.3 is 0 Å². The molecule has 2 rings (SSSR count). The minimum Gasteiger partial charge on any atom is -0.352 e. The van der Waals surface area contributed by atoms with Crippen LogP contribution in [0.4, 0.5) is 5.69 Å². The molecule has 0 saturated heterocycles. The van der Waals surface area contributed by atoms with Crippen molar-refractivity contribution in [1.82, 2.24) is 20.1 Å². The second kappa shape index (κ2) is 7.87. The van der Waals surface area contributed by atoms with Crippen molar-refractivity contribution < 1.29 is 9.59 Å². The van der Waals surface area contributed by atoms with E-state index in [9.17, 15) is 9.59 Å². The van der Waals surface area contributed by atoms with Crippen LogP contribution in [0.15, 0.2) is 30.6 Å². The van der Waals surface area contributed by atoms with Crippen LogP contribution in [0, 0.1) is 17.2 Å². The lowest BCUT2D eigenvalue weighted by atomic mass is 10.1. The zero-order chi connectivity index (χ0) is 17.5. The molecule has 1 aromatic heterocycles. The summed E-state index contributed by atoms with van der Waals surface area (Å²) in [6, 6.07) is 8.60. The molecule has 1 heterocycles. The van der Waals surface area contributed by atoms with Crippen molar-refractivity contribution in [2.45, 2.75) is 20.4 Å². The topological polar surface area (TPSA) is 113 Å². The second-order valence-electron chi connectivity index (χ2n) is 5.59. The highest BCUT2D eigenvalue weighted by atomic mass is 16.2. The van der Waals surface area contributed by atoms with Crippen molar-refractivity contribution in [3.63, 3.8) is 0 Å². The Hall–Kier alpha value is -3.21. The molecule has 0 atom stereocenters. The van der Waals surface area contributed by atoms with E-state index in [1.54, 1.807) is 24.3 Å². The Balaban J connectivity index is 2.08. The molecule has 0 saturated carbocycles. The summed E-state index contributed by atoms with van der Waals surface area (Å²) >= 11 is 0. The summed E-state index contributed by atoms with van der Waals surface area (Å²) in [5.41, 5.74) is 0.797. The molecule has 2 aromatic rings. The molecule has 2 amide bonds. The van der Waals surface area contributed by atoms with Crippen LogP contribution >= 0.6 is 0 Å². The Labute approximate surface area is 139 Å². The number of benzene rings is 1. The molecule has 0 aliphatic rings. The van der Waals surface area contributed by atoms with Crippen molar-refractivity contribution in [3.8, 4) is 6.07 Å². The smallest absolute Gasteiger partial charge is 0.253 e. The van der Waals surface area contributed by atoms with Crippen molar-refractivity contribution >= 4 is 17.5 Å². The number of hydrogen-bond donors (Lipinski definition) is 2. The number of nitrogens with one attached hydrogen (secondary N) is 2. The average Bonchev–Trinajstić information content (AvgIpc) is 3.00. The van der Waals surface area contributed by atoms with Gasteiger partial charge in [-0.2, -0.15) is 5.26 Å². The molecule has 0 unspecified atom stereocenters. The molecular formula is C16H18N6O2. The molecule has 2 N–H and O–H groups in total. The Morgan fingerprint density at radius 2 is 2.08 bits per heavy atom. The lowest BCUT2D eigenvalue weighted by molar-refractivity contribution is -0.116. The van der Waals surface area contributed by atoms with Gasteiger partial charge in [-0.05, 0) is 18.1 Å². The fourth-order valence-electron chi connectivity index (χ4n) is 1.98. The number of carbonyl (C=O) groups is 2. The number of carbonyl (C=O) groups excluding carboxylic acids is 2. The summed E-state index contributed by atoms with van der Waals surface area (Å²) in [5.74, 6) is -0.251. The normalized spacial score (nSPS) is 10.2. The van der Waals surface area contributed by atoms with E-state index in [1.807, 2.05) is 19.9 Å². The van der Waals surface area contributed by atoms with E-state index in [2.05, 4.69) is 20.8 Å². The number of amides is 2. The van der Waals surface area contributed by atoms with Crippen LogP contribution in [0.3, 0.4) is 0 Å². The quantitative estimate of drug-likeness (QED) is 0.827. The predicted molar refractivity (Wildman–Crippen MR) is 87.0 cm³/mol. The Bertz CT molecular complexity index is 775. The molecule has 1 aromatic carbocycles. The zero-order valence-electron chi connectivity index (χ0n) is 13.5. The van der Waals surface area contributed by atoms with Gasteiger partial charge in [-0.1, -0.05) is 26.0 Å². The molecule has 0 aliphatic heterocycles. The maximum absolute atomic E-state index is 12.2. The van der Waals surface area contributed by atoms with Gasteiger partial charge in [0.1, 0.15) is 18.9 Å². The van der Waals surface area contributed by atoms with Crippen molar-refractivity contribution in [3.05, 3.63) is 42.0 Å². The van der Waals surface area contributed by atoms with E-state index in [0.29, 0.717) is 23.7 Å². The van der Waals surface area contributed by atoms with Gasteiger partial charge in [-0.25, -0.2) is 0 Å². The van der Waals surface area contributed by atoms with E-state index >= 15 is 0 Å². The molecule has 0 fully saturated rings. The van der Waals surface area contributed by atoms with E-state index in [1.165, 1.54) is 10.9 Å². The molecule has 8 nitrogen and oxygen atoms in total. The highest BCUT2D eigenvalue weighted by molar-refractivity contribution is 6.03. The van der Waals surface area contributed by atoms with Crippen LogP contribution < -0.4 is 10.6 Å². The van der Waals surface area contributed by atoms with Gasteiger partial charge in [0, 0.05) is 6.54 Å². The standard InChI is InChI=1S/C16H18N6O2/c1-11(2)8-18-16(24)12-5-3-4-6-13(12)20-15(23)9-22-10-19-21-14(22)7-17/h3-6,10-11H,8-9H2,1-2H3,(H,18,24)(H,20,23). The number of anilines is 1. The highest BCUT2D eigenvalue weighted by Gasteiger charge is 2.14. The summed E-state index contributed by atoms with van der Waals surface area (Å²) in [5, 5.41) is 21.5. The third-order valence-electron chi connectivity index (χ3n) is 3.15. The minimum atomic E-state index is -0.379. The van der Waals surface area contributed by atoms with E-state index in [4.69, 9.17) is 5.26 Å². The monoisotopic (exact) mass is 326 g/mol. The number of hydrogen-bond acceptors (Lipinski definition) is 5. The van der Waals surface area contributed by atoms with Crippen LogP contribution in [0.1, 0.15) is 30.0 Å². The molecule has 8 heteroatoms. The summed E-state index contributed by atoms with van der Waals surface area (Å²) in [6.45, 7) is 4.44. The Morgan fingerprint density at radius 3 is 2.79 bits per heavy atom. The van der Waals surface area contributed by atoms with E-state index in [0.717, 1.165) is 0 Å². The maximum atomic E-state index is 12.2. The average molecular weight is 326 g/mol. The molecule has 0 spiro atoms. The van der Waals surface area contributed by atoms with Crippen LogP contribution in [0.5, 0.6) is 0 Å². The van der Waals surface area contributed by atoms with Crippen LogP contribution in [0.25, 0.3) is 0 Å². The first-order chi connectivity index (χ1) is 11.5. The number of aromatic nitrogens is 3. The molecule has 0 radical (unpaired) electrons. The highest BCUT2D eigenvalue weighted by Crippen LogP contribution is 2.15. The largest absolute Gasteiger partial charge is 0.352 e. The first-order valence-corrected chi connectivity index (χ1v) is 7.46.